The van der Waals surface area contributed by atoms with Gasteiger partial charge in [-0.05, 0) is 62.6 Å². The summed E-state index contributed by atoms with van der Waals surface area (Å²) < 4.78 is 21.3. The summed E-state index contributed by atoms with van der Waals surface area (Å²) in [4.78, 5) is 27.8. The van der Waals surface area contributed by atoms with Crippen LogP contribution < -0.4 is 10.5 Å². The number of amides is 1. The number of hydrogen-bond donors (Lipinski definition) is 1. The van der Waals surface area contributed by atoms with E-state index in [1.165, 1.54) is 40.8 Å². The number of aromatic nitrogens is 1. The number of pyridine rings is 1. The molecule has 1 amide bonds. The quantitative estimate of drug-likeness (QED) is 0.578. The van der Waals surface area contributed by atoms with E-state index in [0.717, 1.165) is 0 Å². The zero-order valence-electron chi connectivity index (χ0n) is 19.3. The summed E-state index contributed by atoms with van der Waals surface area (Å²) in [5, 5.41) is 11.0. The van der Waals surface area contributed by atoms with Gasteiger partial charge in [-0.1, -0.05) is 26.0 Å². The summed E-state index contributed by atoms with van der Waals surface area (Å²) in [7, 11) is 1.52. The van der Waals surface area contributed by atoms with Crippen LogP contribution in [-0.4, -0.2) is 28.4 Å². The van der Waals surface area contributed by atoms with E-state index in [9.17, 15) is 19.1 Å². The number of ether oxygens (including phenoxy) is 1. The van der Waals surface area contributed by atoms with Crippen molar-refractivity contribution in [2.24, 2.45) is 5.92 Å². The minimum absolute atomic E-state index is 0.0398. The van der Waals surface area contributed by atoms with Gasteiger partial charge in [0.05, 0.1) is 0 Å². The van der Waals surface area contributed by atoms with Crippen LogP contribution in [0.4, 0.5) is 15.0 Å². The highest BCUT2D eigenvalue weighted by atomic mass is 19.1. The number of benzene rings is 2. The monoisotopic (exact) mass is 440 g/mol. The Morgan fingerprint density at radius 2 is 1.84 bits per heavy atom. The van der Waals surface area contributed by atoms with Gasteiger partial charge in [-0.25, -0.2) is 9.18 Å². The van der Waals surface area contributed by atoms with E-state index in [1.54, 1.807) is 39.0 Å². The Hall–Kier alpha value is -3.35. The first-order chi connectivity index (χ1) is 14.9. The molecule has 1 aromatic heterocycles. The number of anilines is 1. The highest BCUT2D eigenvalue weighted by Crippen LogP contribution is 2.38. The van der Waals surface area contributed by atoms with Crippen molar-refractivity contribution in [2.45, 2.75) is 46.8 Å². The molecular weight excluding hydrogens is 411 g/mol. The Labute approximate surface area is 186 Å². The largest absolute Gasteiger partial charge is 0.508 e. The standard InChI is InChI=1S/C25H29FN2O4/c1-15(2)14-28-22(27(6)24(31)32-25(3,4)5)21(16-8-7-9-17(26)12-16)20-13-18(29)10-11-19(20)23(28)30/h7-13,15,29H,14H2,1-6H3. The molecule has 170 valence electrons. The van der Waals surface area contributed by atoms with Crippen molar-refractivity contribution in [3.05, 3.63) is 58.6 Å². The molecule has 0 aliphatic heterocycles. The van der Waals surface area contributed by atoms with Crippen molar-refractivity contribution >= 4 is 22.7 Å². The molecular formula is C25H29FN2O4. The number of carbonyl (C=O) groups is 1. The molecule has 0 aliphatic rings. The molecule has 2 aromatic carbocycles. The van der Waals surface area contributed by atoms with Crippen molar-refractivity contribution in [3.63, 3.8) is 0 Å². The highest BCUT2D eigenvalue weighted by molar-refractivity contribution is 6.05. The van der Waals surface area contributed by atoms with E-state index >= 15 is 0 Å². The van der Waals surface area contributed by atoms with Crippen LogP contribution in [0, 0.1) is 11.7 Å². The Morgan fingerprint density at radius 1 is 1.16 bits per heavy atom. The summed E-state index contributed by atoms with van der Waals surface area (Å²) in [6.45, 7) is 9.53. The molecule has 0 aliphatic carbocycles. The van der Waals surface area contributed by atoms with Crippen molar-refractivity contribution in [3.8, 4) is 16.9 Å². The normalized spacial score (nSPS) is 11.8. The minimum Gasteiger partial charge on any atom is -0.508 e. The third kappa shape index (κ3) is 4.77. The van der Waals surface area contributed by atoms with E-state index in [0.29, 0.717) is 28.4 Å². The fraction of sp³-hybridized carbons (Fsp3) is 0.360. The Kier molecular flexibility index (Phi) is 6.30. The number of phenolic OH excluding ortho intramolecular Hbond substituents is 1. The predicted molar refractivity (Wildman–Crippen MR) is 125 cm³/mol. The number of hydrogen-bond acceptors (Lipinski definition) is 4. The van der Waals surface area contributed by atoms with Gasteiger partial charge in [-0.3, -0.25) is 14.3 Å². The lowest BCUT2D eigenvalue weighted by Crippen LogP contribution is -2.38. The average molecular weight is 441 g/mol. The zero-order chi connectivity index (χ0) is 23.8. The molecule has 1 N–H and O–H groups in total. The SMILES string of the molecule is CC(C)Cn1c(N(C)C(=O)OC(C)(C)C)c(-c2cccc(F)c2)c2cc(O)ccc2c1=O. The molecule has 0 saturated heterocycles. The summed E-state index contributed by atoms with van der Waals surface area (Å²) in [5.41, 5.74) is -0.116. The molecule has 1 heterocycles. The van der Waals surface area contributed by atoms with Crippen LogP contribution in [0.5, 0.6) is 5.75 Å². The number of rotatable bonds is 4. The number of carbonyl (C=O) groups excluding carboxylic acids is 1. The average Bonchev–Trinajstić information content (AvgIpc) is 2.67. The van der Waals surface area contributed by atoms with Crippen LogP contribution >= 0.6 is 0 Å². The number of halogens is 1. The molecule has 0 spiro atoms. The van der Waals surface area contributed by atoms with E-state index < -0.39 is 17.5 Å². The molecule has 7 heteroatoms. The van der Waals surface area contributed by atoms with Gasteiger partial charge in [0.15, 0.2) is 0 Å². The van der Waals surface area contributed by atoms with Crippen LogP contribution in [0.15, 0.2) is 47.3 Å². The molecule has 32 heavy (non-hydrogen) atoms. The molecule has 6 nitrogen and oxygen atoms in total. The first kappa shape index (κ1) is 23.3. The van der Waals surface area contributed by atoms with Crippen molar-refractivity contribution in [1.82, 2.24) is 4.57 Å². The molecule has 0 atom stereocenters. The van der Waals surface area contributed by atoms with E-state index in [2.05, 4.69) is 0 Å². The van der Waals surface area contributed by atoms with E-state index in [1.807, 2.05) is 13.8 Å². The number of aromatic hydroxyl groups is 1. The maximum Gasteiger partial charge on any atom is 0.415 e. The predicted octanol–water partition coefficient (Wildman–Crippen LogP) is 5.54. The fourth-order valence-electron chi connectivity index (χ4n) is 3.65. The maximum atomic E-state index is 14.2. The van der Waals surface area contributed by atoms with Gasteiger partial charge in [0.2, 0.25) is 0 Å². The van der Waals surface area contributed by atoms with Gasteiger partial charge in [-0.2, -0.15) is 0 Å². The minimum atomic E-state index is -0.747. The van der Waals surface area contributed by atoms with Gasteiger partial charge in [0.1, 0.15) is 23.0 Å². The zero-order valence-corrected chi connectivity index (χ0v) is 19.3. The molecule has 0 radical (unpaired) electrons. The maximum absolute atomic E-state index is 14.2. The fourth-order valence-corrected chi connectivity index (χ4v) is 3.65. The first-order valence-corrected chi connectivity index (χ1v) is 10.5. The Balaban J connectivity index is 2.46. The van der Waals surface area contributed by atoms with E-state index in [4.69, 9.17) is 4.74 Å². The second-order valence-corrected chi connectivity index (χ2v) is 9.29. The second-order valence-electron chi connectivity index (χ2n) is 9.29. The van der Waals surface area contributed by atoms with Gasteiger partial charge in [0, 0.05) is 29.9 Å². The lowest BCUT2D eigenvalue weighted by atomic mass is 9.98. The molecule has 0 bridgehead atoms. The van der Waals surface area contributed by atoms with Gasteiger partial charge < -0.3 is 9.84 Å². The molecule has 3 rings (SSSR count). The Morgan fingerprint density at radius 3 is 2.44 bits per heavy atom. The van der Waals surface area contributed by atoms with Crippen LogP contribution in [0.2, 0.25) is 0 Å². The number of fused-ring (bicyclic) bond motifs is 1. The smallest absolute Gasteiger partial charge is 0.415 e. The summed E-state index contributed by atoms with van der Waals surface area (Å²) >= 11 is 0. The summed E-state index contributed by atoms with van der Waals surface area (Å²) in [6.07, 6.45) is -0.647. The van der Waals surface area contributed by atoms with Gasteiger partial charge in [0.25, 0.3) is 5.56 Å². The highest BCUT2D eigenvalue weighted by Gasteiger charge is 2.28. The van der Waals surface area contributed by atoms with Crippen molar-refractivity contribution in [1.29, 1.82) is 0 Å². The lowest BCUT2D eigenvalue weighted by Gasteiger charge is -2.29. The van der Waals surface area contributed by atoms with Crippen LogP contribution in [0.3, 0.4) is 0 Å². The number of phenols is 1. The summed E-state index contributed by atoms with van der Waals surface area (Å²) in [5.74, 6) is -0.125. The number of nitrogens with zero attached hydrogens (tertiary/aromatic N) is 2. The van der Waals surface area contributed by atoms with Crippen molar-refractivity contribution in [2.75, 3.05) is 11.9 Å². The third-order valence-electron chi connectivity index (χ3n) is 4.87. The Bertz CT molecular complexity index is 1230. The molecule has 3 aromatic rings. The topological polar surface area (TPSA) is 71.8 Å². The molecule has 0 saturated carbocycles. The first-order valence-electron chi connectivity index (χ1n) is 10.5. The van der Waals surface area contributed by atoms with Gasteiger partial charge in [-0.15, -0.1) is 0 Å². The third-order valence-corrected chi connectivity index (χ3v) is 4.87. The van der Waals surface area contributed by atoms with Crippen LogP contribution in [-0.2, 0) is 11.3 Å². The van der Waals surface area contributed by atoms with Crippen molar-refractivity contribution < 1.29 is 19.0 Å². The molecule has 0 unspecified atom stereocenters. The molecule has 0 fully saturated rings. The van der Waals surface area contributed by atoms with E-state index in [-0.39, 0.29) is 23.0 Å². The summed E-state index contributed by atoms with van der Waals surface area (Å²) in [6, 6.07) is 10.4. The second kappa shape index (κ2) is 8.65. The van der Waals surface area contributed by atoms with Gasteiger partial charge >= 0.3 is 6.09 Å². The van der Waals surface area contributed by atoms with Crippen LogP contribution in [0.25, 0.3) is 21.9 Å². The lowest BCUT2D eigenvalue weighted by molar-refractivity contribution is 0.0587. The van der Waals surface area contributed by atoms with Crippen LogP contribution in [0.1, 0.15) is 34.6 Å².